The number of aromatic nitrogens is 6. The van der Waals surface area contributed by atoms with Crippen molar-refractivity contribution in [1.82, 2.24) is 29.6 Å². The molecule has 3 aromatic heterocycles. The van der Waals surface area contributed by atoms with Crippen molar-refractivity contribution in [2.45, 2.75) is 6.54 Å². The van der Waals surface area contributed by atoms with E-state index in [2.05, 4.69) is 25.8 Å². The zero-order chi connectivity index (χ0) is 15.6. The fraction of sp³-hybridized carbons (Fsp3) is 0.0714. The molecule has 0 saturated carbocycles. The largest absolute Gasteiger partial charge is 0.379 e. The summed E-state index contributed by atoms with van der Waals surface area (Å²) in [6.45, 7) is 0.480. The molecule has 0 spiro atoms. The Morgan fingerprint density at radius 2 is 2.09 bits per heavy atom. The Bertz CT molecular complexity index is 988. The zero-order valence-corrected chi connectivity index (χ0v) is 12.6. The number of fused-ring (bicyclic) bond motifs is 1. The van der Waals surface area contributed by atoms with Gasteiger partial charge in [0, 0.05) is 23.3 Å². The number of anilines is 1. The second-order valence-corrected chi connectivity index (χ2v) is 5.67. The Hall–Kier alpha value is -3.07. The van der Waals surface area contributed by atoms with Gasteiger partial charge in [-0.25, -0.2) is 9.67 Å². The monoisotopic (exact) mass is 325 g/mol. The molecule has 0 fully saturated rings. The van der Waals surface area contributed by atoms with E-state index >= 15 is 0 Å². The maximum Gasteiger partial charge on any atom is 0.258 e. The van der Waals surface area contributed by atoms with Gasteiger partial charge in [-0.3, -0.25) is 9.20 Å². The highest BCUT2D eigenvalue weighted by Gasteiger charge is 2.04. The van der Waals surface area contributed by atoms with E-state index in [-0.39, 0.29) is 5.56 Å². The van der Waals surface area contributed by atoms with Crippen molar-refractivity contribution in [1.29, 1.82) is 0 Å². The third kappa shape index (κ3) is 2.69. The Labute approximate surface area is 134 Å². The van der Waals surface area contributed by atoms with Gasteiger partial charge in [0.2, 0.25) is 0 Å². The van der Waals surface area contributed by atoms with Crippen LogP contribution in [-0.2, 0) is 6.54 Å². The van der Waals surface area contributed by atoms with Gasteiger partial charge in [0.25, 0.3) is 5.56 Å². The lowest BCUT2D eigenvalue weighted by Crippen LogP contribution is -2.14. The van der Waals surface area contributed by atoms with Crippen molar-refractivity contribution < 1.29 is 0 Å². The summed E-state index contributed by atoms with van der Waals surface area (Å²) in [4.78, 5) is 17.1. The van der Waals surface area contributed by atoms with Crippen LogP contribution < -0.4 is 10.9 Å². The van der Waals surface area contributed by atoms with Crippen LogP contribution in [0.2, 0.25) is 0 Å². The number of hydrogen-bond acceptors (Lipinski definition) is 7. The molecule has 8 nitrogen and oxygen atoms in total. The topological polar surface area (TPSA) is 90.0 Å². The first-order chi connectivity index (χ1) is 11.3. The smallest absolute Gasteiger partial charge is 0.258 e. The van der Waals surface area contributed by atoms with Gasteiger partial charge in [-0.1, -0.05) is 0 Å². The van der Waals surface area contributed by atoms with E-state index < -0.39 is 0 Å². The standard InChI is InChI=1S/C14H11N7OS/c22-13-7-11(17-14-20(13)5-6-23-14)8-15-10-1-3-12(4-2-10)21-9-16-18-19-21/h1-7,9,15H,8H2. The Kier molecular flexibility index (Phi) is 3.31. The number of benzene rings is 1. The van der Waals surface area contributed by atoms with Gasteiger partial charge in [-0.15, -0.1) is 16.4 Å². The van der Waals surface area contributed by atoms with E-state index in [0.717, 1.165) is 11.4 Å². The van der Waals surface area contributed by atoms with Crippen LogP contribution in [0.5, 0.6) is 0 Å². The van der Waals surface area contributed by atoms with Gasteiger partial charge in [0.05, 0.1) is 17.9 Å². The minimum Gasteiger partial charge on any atom is -0.379 e. The summed E-state index contributed by atoms with van der Waals surface area (Å²) in [5.74, 6) is 0. The van der Waals surface area contributed by atoms with Crippen molar-refractivity contribution >= 4 is 22.0 Å². The van der Waals surface area contributed by atoms with Crippen LogP contribution in [0.4, 0.5) is 5.69 Å². The highest BCUT2D eigenvalue weighted by Crippen LogP contribution is 2.13. The Morgan fingerprint density at radius 3 is 2.87 bits per heavy atom. The molecule has 0 amide bonds. The molecule has 0 aliphatic heterocycles. The zero-order valence-electron chi connectivity index (χ0n) is 11.8. The molecule has 0 atom stereocenters. The highest BCUT2D eigenvalue weighted by atomic mass is 32.1. The minimum absolute atomic E-state index is 0.0675. The number of tetrazole rings is 1. The van der Waals surface area contributed by atoms with Crippen LogP contribution in [0.3, 0.4) is 0 Å². The number of nitrogens with one attached hydrogen (secondary N) is 1. The van der Waals surface area contributed by atoms with Crippen molar-refractivity contribution in [2.24, 2.45) is 0 Å². The van der Waals surface area contributed by atoms with Crippen molar-refractivity contribution in [3.8, 4) is 5.69 Å². The maximum absolute atomic E-state index is 11.9. The minimum atomic E-state index is -0.0675. The molecule has 23 heavy (non-hydrogen) atoms. The summed E-state index contributed by atoms with van der Waals surface area (Å²) in [5.41, 5.74) is 2.44. The fourth-order valence-electron chi connectivity index (χ4n) is 2.18. The molecule has 9 heteroatoms. The number of nitrogens with zero attached hydrogens (tertiary/aromatic N) is 6. The predicted molar refractivity (Wildman–Crippen MR) is 85.8 cm³/mol. The van der Waals surface area contributed by atoms with E-state index in [9.17, 15) is 4.79 Å². The molecule has 0 bridgehead atoms. The van der Waals surface area contributed by atoms with E-state index in [4.69, 9.17) is 0 Å². The molecule has 4 aromatic rings. The third-order valence-corrected chi connectivity index (χ3v) is 4.07. The van der Waals surface area contributed by atoms with E-state index in [0.29, 0.717) is 17.2 Å². The molecule has 0 aliphatic carbocycles. The molecule has 1 N–H and O–H groups in total. The van der Waals surface area contributed by atoms with Crippen molar-refractivity contribution in [3.05, 3.63) is 64.3 Å². The van der Waals surface area contributed by atoms with Gasteiger partial charge >= 0.3 is 0 Å². The molecule has 0 saturated heterocycles. The van der Waals surface area contributed by atoms with Crippen molar-refractivity contribution in [3.63, 3.8) is 0 Å². The first kappa shape index (κ1) is 13.6. The Morgan fingerprint density at radius 1 is 1.22 bits per heavy atom. The lowest BCUT2D eigenvalue weighted by atomic mass is 10.2. The second-order valence-electron chi connectivity index (χ2n) is 4.80. The first-order valence-corrected chi connectivity index (χ1v) is 7.71. The van der Waals surface area contributed by atoms with Crippen LogP contribution in [-0.4, -0.2) is 29.6 Å². The van der Waals surface area contributed by atoms with Crippen LogP contribution in [0.25, 0.3) is 10.6 Å². The molecule has 3 heterocycles. The van der Waals surface area contributed by atoms with Crippen molar-refractivity contribution in [2.75, 3.05) is 5.32 Å². The van der Waals surface area contributed by atoms with Gasteiger partial charge < -0.3 is 5.32 Å². The SMILES string of the molecule is O=c1cc(CNc2ccc(-n3cnnn3)cc2)nc2sccn12. The first-order valence-electron chi connectivity index (χ1n) is 6.83. The number of thiazole rings is 1. The normalized spacial score (nSPS) is 11.0. The molecular formula is C14H11N7OS. The summed E-state index contributed by atoms with van der Waals surface area (Å²) in [7, 11) is 0. The van der Waals surface area contributed by atoms with Crippen LogP contribution >= 0.6 is 11.3 Å². The average Bonchev–Trinajstić information content (AvgIpc) is 3.25. The Balaban J connectivity index is 1.50. The van der Waals surface area contributed by atoms with E-state index in [1.807, 2.05) is 29.6 Å². The van der Waals surface area contributed by atoms with E-state index in [1.54, 1.807) is 16.9 Å². The van der Waals surface area contributed by atoms with Gasteiger partial charge in [0.15, 0.2) is 4.96 Å². The summed E-state index contributed by atoms with van der Waals surface area (Å²) < 4.78 is 3.12. The van der Waals surface area contributed by atoms with Gasteiger partial charge in [-0.2, -0.15) is 0 Å². The molecule has 1 aromatic carbocycles. The van der Waals surface area contributed by atoms with E-state index in [1.165, 1.54) is 22.1 Å². The molecule has 0 unspecified atom stereocenters. The van der Waals surface area contributed by atoms with Gasteiger partial charge in [-0.05, 0) is 34.7 Å². The predicted octanol–water partition coefficient (Wildman–Crippen LogP) is 1.34. The van der Waals surface area contributed by atoms with Crippen LogP contribution in [0.15, 0.2) is 53.0 Å². The van der Waals surface area contributed by atoms with Gasteiger partial charge in [0.1, 0.15) is 6.33 Å². The third-order valence-electron chi connectivity index (χ3n) is 3.31. The summed E-state index contributed by atoms with van der Waals surface area (Å²) in [6.07, 6.45) is 3.26. The molecular weight excluding hydrogens is 314 g/mol. The highest BCUT2D eigenvalue weighted by molar-refractivity contribution is 7.15. The van der Waals surface area contributed by atoms with Crippen LogP contribution in [0, 0.1) is 0 Å². The molecule has 114 valence electrons. The summed E-state index contributed by atoms with van der Waals surface area (Å²) in [5, 5.41) is 16.1. The second kappa shape index (κ2) is 5.61. The lowest BCUT2D eigenvalue weighted by molar-refractivity contribution is 0.789. The lowest BCUT2D eigenvalue weighted by Gasteiger charge is -2.07. The van der Waals surface area contributed by atoms with Crippen LogP contribution in [0.1, 0.15) is 5.69 Å². The maximum atomic E-state index is 11.9. The molecule has 0 aliphatic rings. The molecule has 0 radical (unpaired) electrons. The molecule has 4 rings (SSSR count). The number of hydrogen-bond donors (Lipinski definition) is 1. The quantitative estimate of drug-likeness (QED) is 0.609. The fourth-order valence-corrected chi connectivity index (χ4v) is 2.92. The number of rotatable bonds is 4. The summed E-state index contributed by atoms with van der Waals surface area (Å²) in [6, 6.07) is 9.20. The average molecular weight is 325 g/mol. The summed E-state index contributed by atoms with van der Waals surface area (Å²) >= 11 is 1.44.